The fourth-order valence-electron chi connectivity index (χ4n) is 1.59. The van der Waals surface area contributed by atoms with Gasteiger partial charge in [-0.25, -0.2) is 9.86 Å². The average Bonchev–Trinajstić information content (AvgIpc) is 2.39. The van der Waals surface area contributed by atoms with Crippen LogP contribution in [0.15, 0.2) is 41.5 Å². The van der Waals surface area contributed by atoms with Crippen LogP contribution in [-0.4, -0.2) is 29.5 Å². The summed E-state index contributed by atoms with van der Waals surface area (Å²) in [6, 6.07) is 6.58. The summed E-state index contributed by atoms with van der Waals surface area (Å²) >= 11 is 0. The summed E-state index contributed by atoms with van der Waals surface area (Å²) < 4.78 is 0. The fourth-order valence-corrected chi connectivity index (χ4v) is 1.59. The second kappa shape index (κ2) is 4.80. The minimum atomic E-state index is -0.938. The molecule has 1 aliphatic rings. The summed E-state index contributed by atoms with van der Waals surface area (Å²) in [7, 11) is 1.56. The van der Waals surface area contributed by atoms with Crippen molar-refractivity contribution >= 4 is 12.2 Å². The molecule has 5 nitrogen and oxygen atoms in total. The lowest BCUT2D eigenvalue weighted by Crippen LogP contribution is -2.23. The van der Waals surface area contributed by atoms with Crippen molar-refractivity contribution in [3.8, 4) is 0 Å². The number of rotatable bonds is 3. The summed E-state index contributed by atoms with van der Waals surface area (Å²) in [5, 5.41) is 10.4. The maximum absolute atomic E-state index is 10.7. The van der Waals surface area contributed by atoms with Crippen LogP contribution >= 0.6 is 0 Å². The molecule has 1 atom stereocenters. The average molecular weight is 232 g/mol. The molecule has 0 aromatic heterocycles. The SMILES string of the molecule is CON1C=CC=NC1c1ccc(C(=O)O)cc1. The normalized spacial score (nSPS) is 18.4. The number of aliphatic imine (C=N–C) groups is 1. The summed E-state index contributed by atoms with van der Waals surface area (Å²) in [6.07, 6.45) is 4.95. The summed E-state index contributed by atoms with van der Waals surface area (Å²) in [4.78, 5) is 20.2. The van der Waals surface area contributed by atoms with Gasteiger partial charge in [-0.1, -0.05) is 12.1 Å². The van der Waals surface area contributed by atoms with Crippen molar-refractivity contribution in [2.45, 2.75) is 6.17 Å². The van der Waals surface area contributed by atoms with Crippen LogP contribution in [0, 0.1) is 0 Å². The van der Waals surface area contributed by atoms with E-state index in [4.69, 9.17) is 9.94 Å². The van der Waals surface area contributed by atoms with Crippen molar-refractivity contribution in [1.82, 2.24) is 5.06 Å². The zero-order valence-corrected chi connectivity index (χ0v) is 9.28. The zero-order chi connectivity index (χ0) is 12.3. The molecule has 1 aliphatic heterocycles. The van der Waals surface area contributed by atoms with E-state index in [2.05, 4.69) is 4.99 Å². The Morgan fingerprint density at radius 1 is 1.41 bits per heavy atom. The predicted octanol–water partition coefficient (Wildman–Crippen LogP) is 1.84. The van der Waals surface area contributed by atoms with E-state index >= 15 is 0 Å². The highest BCUT2D eigenvalue weighted by Gasteiger charge is 2.18. The van der Waals surface area contributed by atoms with E-state index in [-0.39, 0.29) is 11.7 Å². The number of benzene rings is 1. The first-order valence-corrected chi connectivity index (χ1v) is 5.08. The molecule has 0 saturated heterocycles. The van der Waals surface area contributed by atoms with Gasteiger partial charge in [-0.15, -0.1) is 0 Å². The van der Waals surface area contributed by atoms with Crippen LogP contribution in [0.2, 0.25) is 0 Å². The van der Waals surface area contributed by atoms with Gasteiger partial charge in [0.05, 0.1) is 12.7 Å². The van der Waals surface area contributed by atoms with Crippen LogP contribution in [0.25, 0.3) is 0 Å². The Labute approximate surface area is 98.6 Å². The first-order valence-electron chi connectivity index (χ1n) is 5.08. The van der Waals surface area contributed by atoms with E-state index in [1.54, 1.807) is 54.9 Å². The maximum Gasteiger partial charge on any atom is 0.335 e. The molecule has 5 heteroatoms. The van der Waals surface area contributed by atoms with E-state index < -0.39 is 5.97 Å². The van der Waals surface area contributed by atoms with Crippen molar-refractivity contribution in [2.24, 2.45) is 4.99 Å². The smallest absolute Gasteiger partial charge is 0.335 e. The van der Waals surface area contributed by atoms with Gasteiger partial charge < -0.3 is 5.11 Å². The molecule has 0 bridgehead atoms. The highest BCUT2D eigenvalue weighted by atomic mass is 16.7. The van der Waals surface area contributed by atoms with Crippen LogP contribution in [-0.2, 0) is 4.84 Å². The lowest BCUT2D eigenvalue weighted by molar-refractivity contribution is -0.120. The van der Waals surface area contributed by atoms with Crippen molar-refractivity contribution in [3.63, 3.8) is 0 Å². The molecule has 1 aromatic carbocycles. The Morgan fingerprint density at radius 2 is 2.12 bits per heavy atom. The molecule has 0 aliphatic carbocycles. The van der Waals surface area contributed by atoms with Crippen molar-refractivity contribution in [2.75, 3.05) is 7.11 Å². The van der Waals surface area contributed by atoms with Crippen LogP contribution < -0.4 is 0 Å². The van der Waals surface area contributed by atoms with Crippen molar-refractivity contribution < 1.29 is 14.7 Å². The Balaban J connectivity index is 2.25. The first-order chi connectivity index (χ1) is 8.22. The third-order valence-electron chi connectivity index (χ3n) is 2.45. The highest BCUT2D eigenvalue weighted by Crippen LogP contribution is 2.24. The highest BCUT2D eigenvalue weighted by molar-refractivity contribution is 5.87. The van der Waals surface area contributed by atoms with Gasteiger partial charge in [-0.2, -0.15) is 0 Å². The number of carboxylic acids is 1. The lowest BCUT2D eigenvalue weighted by atomic mass is 10.1. The number of aromatic carboxylic acids is 1. The molecule has 1 aromatic rings. The topological polar surface area (TPSA) is 62.1 Å². The lowest BCUT2D eigenvalue weighted by Gasteiger charge is -2.27. The Kier molecular flexibility index (Phi) is 3.20. The minimum absolute atomic E-state index is 0.257. The van der Waals surface area contributed by atoms with Crippen LogP contribution in [0.1, 0.15) is 22.1 Å². The number of carboxylic acid groups (broad SMARTS) is 1. The van der Waals surface area contributed by atoms with Gasteiger partial charge >= 0.3 is 5.97 Å². The zero-order valence-electron chi connectivity index (χ0n) is 9.28. The standard InChI is InChI=1S/C12H12N2O3/c1-17-14-8-2-7-13-11(14)9-3-5-10(6-4-9)12(15)16/h2-8,11H,1H3,(H,15,16). The van der Waals surface area contributed by atoms with Gasteiger partial charge in [-0.05, 0) is 23.8 Å². The molecular weight excluding hydrogens is 220 g/mol. The second-order valence-corrected chi connectivity index (χ2v) is 3.48. The number of hydrogen-bond donors (Lipinski definition) is 1. The van der Waals surface area contributed by atoms with E-state index in [1.807, 2.05) is 0 Å². The first kappa shape index (κ1) is 11.3. The molecule has 1 N–H and O–H groups in total. The van der Waals surface area contributed by atoms with Crippen LogP contribution in [0.5, 0.6) is 0 Å². The summed E-state index contributed by atoms with van der Waals surface area (Å²) in [5.41, 5.74) is 1.13. The van der Waals surface area contributed by atoms with Crippen LogP contribution in [0.4, 0.5) is 0 Å². The molecule has 0 saturated carbocycles. The Bertz CT molecular complexity index is 465. The molecule has 0 amide bonds. The quantitative estimate of drug-likeness (QED) is 0.863. The van der Waals surface area contributed by atoms with E-state index in [9.17, 15) is 4.79 Å². The van der Waals surface area contributed by atoms with Gasteiger partial charge in [0.15, 0.2) is 6.17 Å². The maximum atomic E-state index is 10.7. The fraction of sp³-hybridized carbons (Fsp3) is 0.167. The van der Waals surface area contributed by atoms with Gasteiger partial charge in [0.2, 0.25) is 0 Å². The van der Waals surface area contributed by atoms with Crippen LogP contribution in [0.3, 0.4) is 0 Å². The van der Waals surface area contributed by atoms with Gasteiger partial charge in [0.25, 0.3) is 0 Å². The van der Waals surface area contributed by atoms with E-state index in [0.29, 0.717) is 0 Å². The van der Waals surface area contributed by atoms with E-state index in [1.165, 1.54) is 0 Å². The summed E-state index contributed by atoms with van der Waals surface area (Å²) in [5.74, 6) is -0.938. The second-order valence-electron chi connectivity index (χ2n) is 3.48. The van der Waals surface area contributed by atoms with Gasteiger partial charge in [-0.3, -0.25) is 9.83 Å². The molecule has 2 rings (SSSR count). The Morgan fingerprint density at radius 3 is 2.71 bits per heavy atom. The number of carbonyl (C=O) groups is 1. The third kappa shape index (κ3) is 2.34. The monoisotopic (exact) mass is 232 g/mol. The molecular formula is C12H12N2O3. The van der Waals surface area contributed by atoms with Gasteiger partial charge in [0, 0.05) is 12.4 Å². The number of hydroxylamine groups is 2. The van der Waals surface area contributed by atoms with E-state index in [0.717, 1.165) is 5.56 Å². The summed E-state index contributed by atoms with van der Waals surface area (Å²) in [6.45, 7) is 0. The van der Waals surface area contributed by atoms with Crippen molar-refractivity contribution in [3.05, 3.63) is 47.7 Å². The third-order valence-corrected chi connectivity index (χ3v) is 2.45. The molecule has 88 valence electrons. The molecule has 0 radical (unpaired) electrons. The number of nitrogens with zero attached hydrogens (tertiary/aromatic N) is 2. The molecule has 0 spiro atoms. The molecule has 0 fully saturated rings. The number of allylic oxidation sites excluding steroid dienone is 1. The molecule has 1 heterocycles. The largest absolute Gasteiger partial charge is 0.478 e. The van der Waals surface area contributed by atoms with Crippen molar-refractivity contribution in [1.29, 1.82) is 0 Å². The minimum Gasteiger partial charge on any atom is -0.478 e. The number of hydrogen-bond acceptors (Lipinski definition) is 4. The molecule has 17 heavy (non-hydrogen) atoms. The van der Waals surface area contributed by atoms with Gasteiger partial charge in [0.1, 0.15) is 0 Å². The molecule has 1 unspecified atom stereocenters. The Hall–Kier alpha value is -2.14. The predicted molar refractivity (Wildman–Crippen MR) is 62.6 cm³/mol.